The van der Waals surface area contributed by atoms with Gasteiger partial charge in [-0.3, -0.25) is 4.79 Å². The number of carbonyl (C=O) groups excluding carboxylic acids is 1. The van der Waals surface area contributed by atoms with E-state index in [1.807, 2.05) is 0 Å². The van der Waals surface area contributed by atoms with Gasteiger partial charge in [-0.2, -0.15) is 0 Å². The first-order chi connectivity index (χ1) is 8.45. The van der Waals surface area contributed by atoms with Crippen LogP contribution in [0.4, 0.5) is 4.79 Å². The molecule has 0 unspecified atom stereocenters. The summed E-state index contributed by atoms with van der Waals surface area (Å²) in [6.45, 7) is 2.07. The second-order valence-electron chi connectivity index (χ2n) is 3.85. The molecule has 0 fully saturated rings. The van der Waals surface area contributed by atoms with E-state index in [9.17, 15) is 4.79 Å². The smallest absolute Gasteiger partial charge is 0.334 e. The summed E-state index contributed by atoms with van der Waals surface area (Å²) >= 11 is 0. The van der Waals surface area contributed by atoms with Crippen molar-refractivity contribution in [3.63, 3.8) is 0 Å². The Morgan fingerprint density at radius 1 is 1.22 bits per heavy atom. The summed E-state index contributed by atoms with van der Waals surface area (Å²) in [5, 5.41) is 0.0758. The maximum absolute atomic E-state index is 11.3. The van der Waals surface area contributed by atoms with E-state index in [-0.39, 0.29) is 5.24 Å². The van der Waals surface area contributed by atoms with Crippen molar-refractivity contribution in [2.75, 3.05) is 34.1 Å². The topological polar surface area (TPSA) is 38.8 Å². The fraction of sp³-hybridized carbons (Fsp3) is 0.889. The van der Waals surface area contributed by atoms with E-state index in [4.69, 9.17) is 8.85 Å². The normalized spacial score (nSPS) is 11.6. The standard InChI is InChI=1S/C9H21NO3S4Si/c1-10(2)9(11)15-17-16-14-7-6-8-18(5,12-3)13-4/h6-8H2,1-5H3. The molecular formula is C9H21NO3S4Si. The number of rotatable bonds is 9. The van der Waals surface area contributed by atoms with Crippen molar-refractivity contribution in [1.82, 2.24) is 4.90 Å². The molecule has 0 atom stereocenters. The van der Waals surface area contributed by atoms with E-state index >= 15 is 0 Å². The van der Waals surface area contributed by atoms with Crippen molar-refractivity contribution in [3.05, 3.63) is 0 Å². The van der Waals surface area contributed by atoms with Crippen molar-refractivity contribution in [1.29, 1.82) is 0 Å². The van der Waals surface area contributed by atoms with E-state index in [0.29, 0.717) is 0 Å². The van der Waals surface area contributed by atoms with E-state index in [1.165, 1.54) is 20.6 Å². The van der Waals surface area contributed by atoms with Crippen molar-refractivity contribution in [2.45, 2.75) is 19.0 Å². The van der Waals surface area contributed by atoms with Gasteiger partial charge >= 0.3 is 8.56 Å². The molecule has 0 aromatic rings. The number of nitrogens with zero attached hydrogens (tertiary/aromatic N) is 1. The summed E-state index contributed by atoms with van der Waals surface area (Å²) in [6.07, 6.45) is 1.08. The molecule has 0 N–H and O–H groups in total. The predicted octanol–water partition coefficient (Wildman–Crippen LogP) is 4.10. The van der Waals surface area contributed by atoms with Crippen LogP contribution in [0.25, 0.3) is 0 Å². The SMILES string of the molecule is CO[Si](C)(CCCSSSSC(=O)N(C)C)OC. The molecule has 0 rings (SSSR count). The lowest BCUT2D eigenvalue weighted by molar-refractivity contribution is 0.241. The lowest BCUT2D eigenvalue weighted by atomic mass is 10.6. The molecule has 108 valence electrons. The molecular weight excluding hydrogens is 326 g/mol. The highest BCUT2D eigenvalue weighted by atomic mass is 33.7. The van der Waals surface area contributed by atoms with Crippen molar-refractivity contribution < 1.29 is 13.6 Å². The van der Waals surface area contributed by atoms with Crippen LogP contribution in [0.1, 0.15) is 6.42 Å². The molecule has 0 radical (unpaired) electrons. The van der Waals surface area contributed by atoms with Crippen LogP contribution in [0.3, 0.4) is 0 Å². The molecule has 18 heavy (non-hydrogen) atoms. The quantitative estimate of drug-likeness (QED) is 0.353. The Bertz CT molecular complexity index is 242. The molecule has 0 aromatic carbocycles. The van der Waals surface area contributed by atoms with Gasteiger partial charge in [0, 0.05) is 44.9 Å². The van der Waals surface area contributed by atoms with E-state index in [2.05, 4.69) is 6.55 Å². The van der Waals surface area contributed by atoms with Gasteiger partial charge in [-0.05, 0) is 38.7 Å². The van der Waals surface area contributed by atoms with Gasteiger partial charge in [0.2, 0.25) is 0 Å². The van der Waals surface area contributed by atoms with Gasteiger partial charge in [-0.15, -0.1) is 0 Å². The number of hydrogen-bond donors (Lipinski definition) is 0. The Kier molecular flexibility index (Phi) is 11.4. The number of amides is 1. The van der Waals surface area contributed by atoms with Crippen LogP contribution in [-0.2, 0) is 8.85 Å². The zero-order valence-electron chi connectivity index (χ0n) is 11.4. The van der Waals surface area contributed by atoms with Gasteiger partial charge < -0.3 is 13.8 Å². The molecule has 1 amide bonds. The highest BCUT2D eigenvalue weighted by Gasteiger charge is 2.27. The second kappa shape index (κ2) is 10.8. The average molecular weight is 348 g/mol. The molecule has 9 heteroatoms. The minimum atomic E-state index is -1.89. The molecule has 0 saturated heterocycles. The first kappa shape index (κ1) is 19.0. The largest absolute Gasteiger partial charge is 0.398 e. The molecule has 4 nitrogen and oxygen atoms in total. The number of hydrogen-bond acceptors (Lipinski definition) is 7. The van der Waals surface area contributed by atoms with Gasteiger partial charge in [0.25, 0.3) is 5.24 Å². The maximum Gasteiger partial charge on any atom is 0.334 e. The highest BCUT2D eigenvalue weighted by molar-refractivity contribution is 9.27. The van der Waals surface area contributed by atoms with Crippen LogP contribution >= 0.6 is 41.2 Å². The molecule has 0 heterocycles. The highest BCUT2D eigenvalue weighted by Crippen LogP contribution is 2.44. The third-order valence-corrected chi connectivity index (χ3v) is 11.5. The third kappa shape index (κ3) is 9.00. The summed E-state index contributed by atoms with van der Waals surface area (Å²) < 4.78 is 10.8. The summed E-state index contributed by atoms with van der Waals surface area (Å²) in [7, 11) is 11.3. The minimum absolute atomic E-state index is 0.0758. The fourth-order valence-corrected chi connectivity index (χ4v) is 8.10. The third-order valence-electron chi connectivity index (χ3n) is 2.27. The molecule has 0 aliphatic rings. The Labute approximate surface area is 126 Å². The number of carbonyl (C=O) groups is 1. The molecule has 0 spiro atoms. The van der Waals surface area contributed by atoms with Crippen molar-refractivity contribution >= 4 is 55.0 Å². The lowest BCUT2D eigenvalue weighted by Gasteiger charge is -2.22. The Balaban J connectivity index is 3.44. The lowest BCUT2D eigenvalue weighted by Crippen LogP contribution is -2.35. The van der Waals surface area contributed by atoms with Gasteiger partial charge in [-0.1, -0.05) is 10.8 Å². The van der Waals surface area contributed by atoms with Crippen LogP contribution in [0, 0.1) is 0 Å². The average Bonchev–Trinajstić information content (AvgIpc) is 2.36. The predicted molar refractivity (Wildman–Crippen MR) is 89.4 cm³/mol. The van der Waals surface area contributed by atoms with Crippen LogP contribution < -0.4 is 0 Å². The van der Waals surface area contributed by atoms with Crippen LogP contribution in [0.2, 0.25) is 12.6 Å². The monoisotopic (exact) mass is 347 g/mol. The summed E-state index contributed by atoms with van der Waals surface area (Å²) in [5.41, 5.74) is 0. The first-order valence-electron chi connectivity index (χ1n) is 5.39. The zero-order chi connectivity index (χ0) is 14.0. The van der Waals surface area contributed by atoms with E-state index in [0.717, 1.165) is 18.2 Å². The van der Waals surface area contributed by atoms with Crippen LogP contribution in [0.5, 0.6) is 0 Å². The Morgan fingerprint density at radius 3 is 2.33 bits per heavy atom. The van der Waals surface area contributed by atoms with Crippen molar-refractivity contribution in [3.8, 4) is 0 Å². The van der Waals surface area contributed by atoms with Gasteiger partial charge in [0.1, 0.15) is 0 Å². The van der Waals surface area contributed by atoms with E-state index in [1.54, 1.807) is 53.8 Å². The fourth-order valence-electron chi connectivity index (χ4n) is 0.911. The van der Waals surface area contributed by atoms with Gasteiger partial charge in [-0.25, -0.2) is 0 Å². The summed E-state index contributed by atoms with van der Waals surface area (Å²) in [5.74, 6) is 1.05. The molecule has 0 aliphatic carbocycles. The molecule has 0 aromatic heterocycles. The van der Waals surface area contributed by atoms with Crippen LogP contribution in [-0.4, -0.2) is 52.8 Å². The Hall–Kier alpha value is 1.01. The molecule has 0 saturated carbocycles. The Morgan fingerprint density at radius 2 is 1.83 bits per heavy atom. The van der Waals surface area contributed by atoms with Crippen LogP contribution in [0.15, 0.2) is 0 Å². The minimum Gasteiger partial charge on any atom is -0.398 e. The molecule has 0 aliphatic heterocycles. The van der Waals surface area contributed by atoms with E-state index < -0.39 is 8.56 Å². The van der Waals surface area contributed by atoms with Gasteiger partial charge in [0.15, 0.2) is 0 Å². The first-order valence-corrected chi connectivity index (χ1v) is 12.9. The zero-order valence-corrected chi connectivity index (χ0v) is 15.7. The summed E-state index contributed by atoms with van der Waals surface area (Å²) in [6, 6.07) is 1.00. The summed E-state index contributed by atoms with van der Waals surface area (Å²) in [4.78, 5) is 12.8. The van der Waals surface area contributed by atoms with Crippen molar-refractivity contribution in [2.24, 2.45) is 0 Å². The molecule has 0 bridgehead atoms. The second-order valence-corrected chi connectivity index (χ2v) is 13.3. The maximum atomic E-state index is 11.3. The van der Waals surface area contributed by atoms with Gasteiger partial charge in [0.05, 0.1) is 0 Å².